The lowest BCUT2D eigenvalue weighted by Gasteiger charge is -2.05. The summed E-state index contributed by atoms with van der Waals surface area (Å²) in [6, 6.07) is 8.06. The van der Waals surface area contributed by atoms with Gasteiger partial charge in [0, 0.05) is 7.11 Å². The Labute approximate surface area is 87.8 Å². The van der Waals surface area contributed by atoms with E-state index in [-0.39, 0.29) is 18.2 Å². The van der Waals surface area contributed by atoms with Crippen molar-refractivity contribution in [3.63, 3.8) is 0 Å². The van der Waals surface area contributed by atoms with Crippen LogP contribution in [0.15, 0.2) is 24.3 Å². The third-order valence-corrected chi connectivity index (χ3v) is 4.09. The Morgan fingerprint density at radius 1 is 1.50 bits per heavy atom. The topological polar surface area (TPSA) is 18.5 Å². The lowest BCUT2D eigenvalue weighted by molar-refractivity contribution is 0.0512. The molecule has 0 aliphatic heterocycles. The summed E-state index contributed by atoms with van der Waals surface area (Å²) in [5, 5.41) is 0. The van der Waals surface area contributed by atoms with Crippen LogP contribution in [0.5, 0.6) is 5.75 Å². The fourth-order valence-electron chi connectivity index (χ4n) is 0.845. The maximum atomic E-state index is 5.28. The minimum absolute atomic E-state index is 0.262. The van der Waals surface area contributed by atoms with E-state index in [9.17, 15) is 0 Å². The molecular formula is C8H9BrMgO2. The molecule has 0 saturated heterocycles. The summed E-state index contributed by atoms with van der Waals surface area (Å²) in [5.41, 5.74) is 0. The molecule has 1 aromatic carbocycles. The van der Waals surface area contributed by atoms with Gasteiger partial charge in [0.05, 0.1) is 0 Å². The molecule has 0 spiro atoms. The molecule has 0 fully saturated rings. The lowest BCUT2D eigenvalue weighted by Crippen LogP contribution is -2.08. The Hall–Kier alpha value is 0.226. The van der Waals surface area contributed by atoms with Crippen LogP contribution in [-0.2, 0) is 4.74 Å². The highest BCUT2D eigenvalue weighted by atomic mass is 79.9. The van der Waals surface area contributed by atoms with Crippen LogP contribution in [0.25, 0.3) is 0 Å². The molecule has 2 nitrogen and oxygen atoms in total. The highest BCUT2D eigenvalue weighted by Crippen LogP contribution is 2.06. The summed E-state index contributed by atoms with van der Waals surface area (Å²) in [4.78, 5) is 0. The van der Waals surface area contributed by atoms with Crippen LogP contribution in [0.2, 0.25) is 0 Å². The van der Waals surface area contributed by atoms with Gasteiger partial charge in [-0.25, -0.2) is 0 Å². The van der Waals surface area contributed by atoms with Crippen molar-refractivity contribution in [1.29, 1.82) is 0 Å². The van der Waals surface area contributed by atoms with Gasteiger partial charge in [-0.3, -0.25) is 12.9 Å². The van der Waals surface area contributed by atoms with E-state index < -0.39 is 0 Å². The van der Waals surface area contributed by atoms with Gasteiger partial charge >= 0.3 is 18.2 Å². The average Bonchev–Trinajstić information content (AvgIpc) is 2.15. The first-order valence-corrected chi connectivity index (χ1v) is 8.24. The summed E-state index contributed by atoms with van der Waals surface area (Å²) in [7, 11) is 1.61. The minimum Gasteiger partial charge on any atom is -0.468 e. The van der Waals surface area contributed by atoms with Gasteiger partial charge in [-0.1, -0.05) is 12.1 Å². The van der Waals surface area contributed by atoms with Crippen molar-refractivity contribution in [2.45, 2.75) is 0 Å². The number of methoxy groups -OCH3 is 1. The molecule has 0 heterocycles. The van der Waals surface area contributed by atoms with Gasteiger partial charge in [0.15, 0.2) is 6.79 Å². The van der Waals surface area contributed by atoms with Gasteiger partial charge in [-0.05, 0) is 12.1 Å². The molecule has 0 atom stereocenters. The Balaban J connectivity index is 2.60. The van der Waals surface area contributed by atoms with E-state index in [1.54, 1.807) is 7.11 Å². The van der Waals surface area contributed by atoms with Gasteiger partial charge in [0.2, 0.25) is 0 Å². The Bertz CT molecular complexity index is 242. The zero-order valence-corrected chi connectivity index (χ0v) is 9.92. The normalized spacial score (nSPS) is 9.17. The van der Waals surface area contributed by atoms with Crippen molar-refractivity contribution in [2.75, 3.05) is 13.9 Å². The Morgan fingerprint density at radius 2 is 2.33 bits per heavy atom. The molecule has 0 radical (unpaired) electrons. The van der Waals surface area contributed by atoms with Crippen LogP contribution in [0.3, 0.4) is 0 Å². The second-order valence-corrected chi connectivity index (χ2v) is 5.10. The smallest absolute Gasteiger partial charge is 0.468 e. The largest absolute Gasteiger partial charge is 0.506 e. The molecule has 4 heteroatoms. The minimum atomic E-state index is -0.262. The number of halogens is 1. The summed E-state index contributed by atoms with van der Waals surface area (Å²) >= 11 is 3.25. The SMILES string of the molecule is COCOc1ccc[c]([Mg][Br])c1. The first-order valence-electron chi connectivity index (χ1n) is 3.63. The van der Waals surface area contributed by atoms with E-state index in [2.05, 4.69) is 19.0 Å². The summed E-state index contributed by atoms with van der Waals surface area (Å²) in [5.74, 6) is 0.876. The molecule has 12 heavy (non-hydrogen) atoms. The van der Waals surface area contributed by atoms with E-state index >= 15 is 0 Å². The van der Waals surface area contributed by atoms with E-state index in [0.29, 0.717) is 6.79 Å². The standard InChI is InChI=1S/C8H9O2.BrH.Mg/c1-9-7-10-8-5-3-2-4-6-8;;/h2-3,5-6H,7H2,1H3;1H;/q;;+1/p-1. The number of hydrogen-bond donors (Lipinski definition) is 0. The molecule has 0 unspecified atom stereocenters. The summed E-state index contributed by atoms with van der Waals surface area (Å²) < 4.78 is 11.4. The van der Waals surface area contributed by atoms with Gasteiger partial charge in [-0.2, -0.15) is 0 Å². The summed E-state index contributed by atoms with van der Waals surface area (Å²) in [6.45, 7) is 0.313. The van der Waals surface area contributed by atoms with Crippen LogP contribution < -0.4 is 8.43 Å². The zero-order valence-electron chi connectivity index (χ0n) is 6.92. The van der Waals surface area contributed by atoms with E-state index in [1.165, 1.54) is 3.69 Å². The van der Waals surface area contributed by atoms with Gasteiger partial charge in [-0.15, -0.1) is 3.69 Å². The second-order valence-electron chi connectivity index (χ2n) is 2.33. The third-order valence-electron chi connectivity index (χ3n) is 1.40. The average molecular weight is 241 g/mol. The molecule has 0 saturated carbocycles. The van der Waals surface area contributed by atoms with Crippen molar-refractivity contribution in [3.8, 4) is 5.75 Å². The van der Waals surface area contributed by atoms with Crippen LogP contribution in [-0.4, -0.2) is 32.1 Å². The highest BCUT2D eigenvalue weighted by Gasteiger charge is 1.96. The molecule has 1 aromatic rings. The van der Waals surface area contributed by atoms with E-state index in [1.807, 2.05) is 18.2 Å². The van der Waals surface area contributed by atoms with Crippen molar-refractivity contribution < 1.29 is 9.47 Å². The molecule has 0 aliphatic rings. The Kier molecular flexibility index (Phi) is 4.98. The molecule has 0 bridgehead atoms. The third kappa shape index (κ3) is 3.31. The highest BCUT2D eigenvalue weighted by molar-refractivity contribution is 9.23. The first-order chi connectivity index (χ1) is 5.86. The van der Waals surface area contributed by atoms with Gasteiger partial charge in [0.1, 0.15) is 5.75 Å². The molecule has 0 aliphatic carbocycles. The number of hydrogen-bond acceptors (Lipinski definition) is 2. The van der Waals surface area contributed by atoms with Crippen LogP contribution in [0.4, 0.5) is 0 Å². The molecular weight excluding hydrogens is 232 g/mol. The van der Waals surface area contributed by atoms with Crippen molar-refractivity contribution >= 4 is 34.8 Å². The number of ether oxygens (including phenoxy) is 2. The zero-order chi connectivity index (χ0) is 8.81. The first kappa shape index (κ1) is 10.3. The van der Waals surface area contributed by atoms with Crippen molar-refractivity contribution in [3.05, 3.63) is 24.3 Å². The molecule has 0 N–H and O–H groups in total. The second kappa shape index (κ2) is 5.80. The van der Waals surface area contributed by atoms with E-state index in [0.717, 1.165) is 5.75 Å². The molecule has 0 amide bonds. The number of benzene rings is 1. The predicted molar refractivity (Wildman–Crippen MR) is 53.3 cm³/mol. The van der Waals surface area contributed by atoms with E-state index in [4.69, 9.17) is 9.47 Å². The van der Waals surface area contributed by atoms with Crippen LogP contribution in [0, 0.1) is 0 Å². The van der Waals surface area contributed by atoms with Crippen LogP contribution in [0.1, 0.15) is 0 Å². The van der Waals surface area contributed by atoms with Crippen molar-refractivity contribution in [2.24, 2.45) is 0 Å². The monoisotopic (exact) mass is 240 g/mol. The van der Waals surface area contributed by atoms with Crippen molar-refractivity contribution in [1.82, 2.24) is 0 Å². The molecule has 0 aromatic heterocycles. The molecule has 62 valence electrons. The molecule has 1 rings (SSSR count). The quantitative estimate of drug-likeness (QED) is 0.584. The lowest BCUT2D eigenvalue weighted by atomic mass is 10.3. The predicted octanol–water partition coefficient (Wildman–Crippen LogP) is 1.31. The van der Waals surface area contributed by atoms with Crippen LogP contribution >= 0.6 is 12.9 Å². The van der Waals surface area contributed by atoms with Gasteiger partial charge < -0.3 is 9.47 Å². The fourth-order valence-corrected chi connectivity index (χ4v) is 2.40. The number of rotatable bonds is 4. The summed E-state index contributed by atoms with van der Waals surface area (Å²) in [6.07, 6.45) is 0. The maximum absolute atomic E-state index is 5.28. The van der Waals surface area contributed by atoms with Gasteiger partial charge in [0.25, 0.3) is 0 Å². The fraction of sp³-hybridized carbons (Fsp3) is 0.250. The Morgan fingerprint density at radius 3 is 3.00 bits per heavy atom. The maximum Gasteiger partial charge on any atom is 0.506 e.